The minimum absolute atomic E-state index is 0.0127. The Morgan fingerprint density at radius 2 is 2.11 bits per heavy atom. The number of benzene rings is 1. The van der Waals surface area contributed by atoms with Gasteiger partial charge in [0.25, 0.3) is 5.91 Å². The number of aromatic hydroxyl groups is 1. The highest BCUT2D eigenvalue weighted by Gasteiger charge is 2.22. The fourth-order valence-electron chi connectivity index (χ4n) is 1.43. The first kappa shape index (κ1) is 14.0. The van der Waals surface area contributed by atoms with Gasteiger partial charge >= 0.3 is 5.97 Å². The van der Waals surface area contributed by atoms with Crippen LogP contribution in [0.4, 0.5) is 0 Å². The van der Waals surface area contributed by atoms with Crippen LogP contribution in [-0.2, 0) is 9.53 Å². The van der Waals surface area contributed by atoms with Crippen molar-refractivity contribution in [3.63, 3.8) is 0 Å². The minimum atomic E-state index is -1.12. The molecule has 0 spiro atoms. The van der Waals surface area contributed by atoms with Gasteiger partial charge in [-0.15, -0.1) is 0 Å². The summed E-state index contributed by atoms with van der Waals surface area (Å²) >= 11 is 0. The summed E-state index contributed by atoms with van der Waals surface area (Å²) in [4.78, 5) is 23.1. The number of amides is 1. The largest absolute Gasteiger partial charge is 0.508 e. The van der Waals surface area contributed by atoms with E-state index in [4.69, 9.17) is 5.11 Å². The maximum Gasteiger partial charge on any atom is 0.330 e. The third-order valence-electron chi connectivity index (χ3n) is 2.52. The van der Waals surface area contributed by atoms with E-state index in [1.54, 1.807) is 6.92 Å². The molecule has 0 heterocycles. The molecule has 1 aromatic rings. The van der Waals surface area contributed by atoms with Gasteiger partial charge in [0.2, 0.25) is 0 Å². The van der Waals surface area contributed by atoms with Crippen molar-refractivity contribution < 1.29 is 24.5 Å². The normalized spacial score (nSPS) is 11.7. The van der Waals surface area contributed by atoms with Crippen molar-refractivity contribution in [1.29, 1.82) is 0 Å². The molecule has 1 rings (SSSR count). The van der Waals surface area contributed by atoms with Crippen LogP contribution in [-0.4, -0.2) is 41.8 Å². The number of carbonyl (C=O) groups is 2. The van der Waals surface area contributed by atoms with Gasteiger partial charge in [-0.1, -0.05) is 6.07 Å². The van der Waals surface area contributed by atoms with Crippen molar-refractivity contribution in [2.75, 3.05) is 13.7 Å². The molecule has 1 unspecified atom stereocenters. The number of hydrogen-bond donors (Lipinski definition) is 3. The van der Waals surface area contributed by atoms with Gasteiger partial charge in [-0.25, -0.2) is 4.79 Å². The second kappa shape index (κ2) is 6.02. The van der Waals surface area contributed by atoms with E-state index in [9.17, 15) is 14.7 Å². The molecule has 0 aromatic heterocycles. The van der Waals surface area contributed by atoms with Crippen LogP contribution in [0.1, 0.15) is 15.9 Å². The molecule has 1 aromatic carbocycles. The summed E-state index contributed by atoms with van der Waals surface area (Å²) in [6.45, 7) is 1.02. The zero-order valence-electron chi connectivity index (χ0n) is 10.1. The number of phenolic OH excluding ortho intramolecular Hbond substituents is 1. The lowest BCUT2D eigenvalue weighted by molar-refractivity contribution is -0.143. The monoisotopic (exact) mass is 253 g/mol. The van der Waals surface area contributed by atoms with Crippen LogP contribution in [0.2, 0.25) is 0 Å². The molecule has 3 N–H and O–H groups in total. The number of nitrogens with one attached hydrogen (secondary N) is 1. The number of carbonyl (C=O) groups excluding carboxylic acids is 2. The number of hydrogen-bond acceptors (Lipinski definition) is 5. The lowest BCUT2D eigenvalue weighted by atomic mass is 10.1. The van der Waals surface area contributed by atoms with Crippen molar-refractivity contribution in [2.24, 2.45) is 0 Å². The Labute approximate surface area is 104 Å². The van der Waals surface area contributed by atoms with E-state index in [1.165, 1.54) is 18.2 Å². The number of phenols is 1. The number of methoxy groups -OCH3 is 1. The highest BCUT2D eigenvalue weighted by Crippen LogP contribution is 2.19. The third-order valence-corrected chi connectivity index (χ3v) is 2.52. The van der Waals surface area contributed by atoms with Crippen LogP contribution >= 0.6 is 0 Å². The molecule has 0 aliphatic carbocycles. The number of aliphatic hydroxyl groups excluding tert-OH is 1. The van der Waals surface area contributed by atoms with Crippen LogP contribution in [0.15, 0.2) is 18.2 Å². The van der Waals surface area contributed by atoms with Crippen molar-refractivity contribution in [1.82, 2.24) is 5.32 Å². The first-order valence-electron chi connectivity index (χ1n) is 5.29. The zero-order chi connectivity index (χ0) is 13.7. The van der Waals surface area contributed by atoms with E-state index in [0.29, 0.717) is 5.56 Å². The molecule has 1 atom stereocenters. The molecule has 6 heteroatoms. The highest BCUT2D eigenvalue weighted by molar-refractivity contribution is 5.98. The van der Waals surface area contributed by atoms with Crippen LogP contribution in [0.5, 0.6) is 5.75 Å². The van der Waals surface area contributed by atoms with E-state index in [-0.39, 0.29) is 11.3 Å². The molecule has 0 aliphatic heterocycles. The van der Waals surface area contributed by atoms with Gasteiger partial charge in [0.15, 0.2) is 6.04 Å². The molecule has 98 valence electrons. The van der Waals surface area contributed by atoms with Crippen molar-refractivity contribution in [3.05, 3.63) is 29.3 Å². The van der Waals surface area contributed by atoms with Gasteiger partial charge in [0.05, 0.1) is 13.7 Å². The molecule has 0 radical (unpaired) electrons. The van der Waals surface area contributed by atoms with E-state index in [0.717, 1.165) is 7.11 Å². The molecule has 1 amide bonds. The third kappa shape index (κ3) is 2.98. The topological polar surface area (TPSA) is 95.9 Å². The Morgan fingerprint density at radius 3 is 2.67 bits per heavy atom. The molecule has 0 saturated carbocycles. The summed E-state index contributed by atoms with van der Waals surface area (Å²) in [7, 11) is 1.16. The first-order valence-corrected chi connectivity index (χ1v) is 5.29. The molecule has 0 fully saturated rings. The molecule has 6 nitrogen and oxygen atoms in total. The SMILES string of the molecule is COC(=O)C(CO)NC(=O)c1cccc(O)c1C. The minimum Gasteiger partial charge on any atom is -0.508 e. The second-order valence-electron chi connectivity index (χ2n) is 3.68. The van der Waals surface area contributed by atoms with Gasteiger partial charge in [-0.2, -0.15) is 0 Å². The second-order valence-corrected chi connectivity index (χ2v) is 3.68. The van der Waals surface area contributed by atoms with E-state index in [2.05, 4.69) is 10.1 Å². The standard InChI is InChI=1S/C12H15NO5/c1-7-8(4-3-5-10(7)15)11(16)13-9(6-14)12(17)18-2/h3-5,9,14-15H,6H2,1-2H3,(H,13,16). The van der Waals surface area contributed by atoms with Crippen molar-refractivity contribution >= 4 is 11.9 Å². The maximum absolute atomic E-state index is 11.9. The predicted octanol–water partition coefficient (Wildman–Crippen LogP) is -0.0357. The van der Waals surface area contributed by atoms with Gasteiger partial charge in [-0.3, -0.25) is 4.79 Å². The quantitative estimate of drug-likeness (QED) is 0.654. The van der Waals surface area contributed by atoms with E-state index >= 15 is 0 Å². The Hall–Kier alpha value is -2.08. The molecule has 0 aliphatic rings. The predicted molar refractivity (Wildman–Crippen MR) is 63.2 cm³/mol. The van der Waals surface area contributed by atoms with Gasteiger partial charge in [0.1, 0.15) is 5.75 Å². The molecule has 18 heavy (non-hydrogen) atoms. The Kier molecular flexibility index (Phi) is 4.67. The van der Waals surface area contributed by atoms with Crippen LogP contribution in [0, 0.1) is 6.92 Å². The number of rotatable bonds is 4. The summed E-state index contributed by atoms with van der Waals surface area (Å²) in [5.74, 6) is -1.31. The Bertz CT molecular complexity index is 458. The smallest absolute Gasteiger partial charge is 0.330 e. The fourth-order valence-corrected chi connectivity index (χ4v) is 1.43. The summed E-state index contributed by atoms with van der Waals surface area (Å²) in [6, 6.07) is 3.36. The number of aliphatic hydroxyl groups is 1. The number of esters is 1. The zero-order valence-corrected chi connectivity index (χ0v) is 10.1. The molecular formula is C12H15NO5. The maximum atomic E-state index is 11.9. The molecule has 0 saturated heterocycles. The molecule has 0 bridgehead atoms. The summed E-state index contributed by atoms with van der Waals surface area (Å²) < 4.78 is 4.43. The fraction of sp³-hybridized carbons (Fsp3) is 0.333. The Morgan fingerprint density at radius 1 is 1.44 bits per heavy atom. The molecular weight excluding hydrogens is 238 g/mol. The first-order chi connectivity index (χ1) is 8.51. The lowest BCUT2D eigenvalue weighted by Crippen LogP contribution is -2.44. The van der Waals surface area contributed by atoms with Gasteiger partial charge in [-0.05, 0) is 19.1 Å². The average molecular weight is 253 g/mol. The van der Waals surface area contributed by atoms with Gasteiger partial charge < -0.3 is 20.3 Å². The van der Waals surface area contributed by atoms with E-state index < -0.39 is 24.5 Å². The van der Waals surface area contributed by atoms with Crippen LogP contribution < -0.4 is 5.32 Å². The van der Waals surface area contributed by atoms with E-state index in [1.807, 2.05) is 0 Å². The van der Waals surface area contributed by atoms with Crippen LogP contribution in [0.25, 0.3) is 0 Å². The summed E-state index contributed by atoms with van der Waals surface area (Å²) in [5, 5.41) is 20.8. The van der Waals surface area contributed by atoms with Gasteiger partial charge in [0, 0.05) is 11.1 Å². The summed E-state index contributed by atoms with van der Waals surface area (Å²) in [6.07, 6.45) is 0. The van der Waals surface area contributed by atoms with Crippen molar-refractivity contribution in [3.8, 4) is 5.75 Å². The van der Waals surface area contributed by atoms with Crippen LogP contribution in [0.3, 0.4) is 0 Å². The lowest BCUT2D eigenvalue weighted by Gasteiger charge is -2.15. The average Bonchev–Trinajstić information content (AvgIpc) is 2.37. The highest BCUT2D eigenvalue weighted by atomic mass is 16.5. The Balaban J connectivity index is 2.88. The number of ether oxygens (including phenoxy) is 1. The van der Waals surface area contributed by atoms with Crippen molar-refractivity contribution in [2.45, 2.75) is 13.0 Å². The summed E-state index contributed by atoms with van der Waals surface area (Å²) in [5.41, 5.74) is 0.633.